The fourth-order valence-corrected chi connectivity index (χ4v) is 3.12. The SMILES string of the molecule is CNC(c1cc(C)c(OC)c(C)c1)c1ccc(C)cc1C. The van der Waals surface area contributed by atoms with Crippen LogP contribution in [0.4, 0.5) is 0 Å². The van der Waals surface area contributed by atoms with Crippen LogP contribution in [0.3, 0.4) is 0 Å². The molecule has 2 aromatic rings. The average Bonchev–Trinajstić information content (AvgIpc) is 2.41. The molecule has 0 spiro atoms. The Balaban J connectivity index is 2.51. The first kappa shape index (κ1) is 15.6. The third-order valence-corrected chi connectivity index (χ3v) is 4.05. The third kappa shape index (κ3) is 3.11. The smallest absolute Gasteiger partial charge is 0.124 e. The Morgan fingerprint density at radius 3 is 2.00 bits per heavy atom. The zero-order valence-corrected chi connectivity index (χ0v) is 13.9. The van der Waals surface area contributed by atoms with Crippen molar-refractivity contribution in [2.75, 3.05) is 14.2 Å². The summed E-state index contributed by atoms with van der Waals surface area (Å²) in [5.41, 5.74) is 7.58. The molecule has 0 saturated heterocycles. The lowest BCUT2D eigenvalue weighted by Gasteiger charge is -2.22. The highest BCUT2D eigenvalue weighted by Gasteiger charge is 2.16. The molecule has 1 atom stereocenters. The van der Waals surface area contributed by atoms with Crippen LogP contribution in [0, 0.1) is 27.7 Å². The zero-order valence-electron chi connectivity index (χ0n) is 13.9. The van der Waals surface area contributed by atoms with Crippen molar-refractivity contribution in [3.8, 4) is 5.75 Å². The Bertz CT molecular complexity index is 623. The molecule has 2 rings (SSSR count). The summed E-state index contributed by atoms with van der Waals surface area (Å²) < 4.78 is 5.47. The van der Waals surface area contributed by atoms with Gasteiger partial charge in [-0.15, -0.1) is 0 Å². The van der Waals surface area contributed by atoms with Crippen molar-refractivity contribution in [2.45, 2.75) is 33.7 Å². The molecule has 0 heterocycles. The first-order valence-electron chi connectivity index (χ1n) is 7.37. The van der Waals surface area contributed by atoms with Gasteiger partial charge >= 0.3 is 0 Å². The van der Waals surface area contributed by atoms with Crippen LogP contribution in [0.5, 0.6) is 5.75 Å². The van der Waals surface area contributed by atoms with Crippen molar-refractivity contribution < 1.29 is 4.74 Å². The maximum absolute atomic E-state index is 5.47. The zero-order chi connectivity index (χ0) is 15.6. The minimum atomic E-state index is 0.203. The molecule has 0 aliphatic carbocycles. The van der Waals surface area contributed by atoms with Crippen molar-refractivity contribution in [1.82, 2.24) is 5.32 Å². The van der Waals surface area contributed by atoms with Gasteiger partial charge in [-0.3, -0.25) is 0 Å². The van der Waals surface area contributed by atoms with Gasteiger partial charge in [0, 0.05) is 0 Å². The molecule has 0 amide bonds. The molecule has 0 aromatic heterocycles. The molecule has 21 heavy (non-hydrogen) atoms. The molecular formula is C19H25NO. The van der Waals surface area contributed by atoms with E-state index in [2.05, 4.69) is 63.3 Å². The van der Waals surface area contributed by atoms with E-state index in [1.54, 1.807) is 7.11 Å². The van der Waals surface area contributed by atoms with Crippen molar-refractivity contribution in [2.24, 2.45) is 0 Å². The molecule has 0 bridgehead atoms. The van der Waals surface area contributed by atoms with Crippen LogP contribution < -0.4 is 10.1 Å². The van der Waals surface area contributed by atoms with Crippen LogP contribution in [0.1, 0.15) is 39.4 Å². The second kappa shape index (κ2) is 6.31. The summed E-state index contributed by atoms with van der Waals surface area (Å²) in [5.74, 6) is 0.981. The highest BCUT2D eigenvalue weighted by atomic mass is 16.5. The molecule has 1 N–H and O–H groups in total. The first-order valence-corrected chi connectivity index (χ1v) is 7.37. The Morgan fingerprint density at radius 2 is 1.52 bits per heavy atom. The van der Waals surface area contributed by atoms with Crippen LogP contribution in [0.25, 0.3) is 0 Å². The number of hydrogen-bond acceptors (Lipinski definition) is 2. The van der Waals surface area contributed by atoms with Gasteiger partial charge in [0.05, 0.1) is 13.2 Å². The molecule has 0 fully saturated rings. The van der Waals surface area contributed by atoms with E-state index in [1.165, 1.54) is 33.4 Å². The van der Waals surface area contributed by atoms with Gasteiger partial charge in [0.1, 0.15) is 5.75 Å². The summed E-state index contributed by atoms with van der Waals surface area (Å²) in [6.07, 6.45) is 0. The van der Waals surface area contributed by atoms with Gasteiger partial charge in [-0.25, -0.2) is 0 Å². The van der Waals surface area contributed by atoms with Gasteiger partial charge in [0.25, 0.3) is 0 Å². The van der Waals surface area contributed by atoms with Crippen molar-refractivity contribution in [3.63, 3.8) is 0 Å². The molecule has 0 radical (unpaired) electrons. The lowest BCUT2D eigenvalue weighted by Crippen LogP contribution is -2.19. The fourth-order valence-electron chi connectivity index (χ4n) is 3.12. The summed E-state index contributed by atoms with van der Waals surface area (Å²) in [4.78, 5) is 0. The highest BCUT2D eigenvalue weighted by molar-refractivity contribution is 5.47. The quantitative estimate of drug-likeness (QED) is 0.906. The van der Waals surface area contributed by atoms with E-state index < -0.39 is 0 Å². The number of methoxy groups -OCH3 is 1. The van der Waals surface area contributed by atoms with E-state index in [-0.39, 0.29) is 6.04 Å². The van der Waals surface area contributed by atoms with Gasteiger partial charge in [0.2, 0.25) is 0 Å². The standard InChI is InChI=1S/C19H25NO/c1-12-7-8-17(13(2)9-12)18(20-5)16-10-14(3)19(21-6)15(4)11-16/h7-11,18,20H,1-6H3. The molecule has 1 unspecified atom stereocenters. The normalized spacial score (nSPS) is 12.3. The predicted molar refractivity (Wildman–Crippen MR) is 89.3 cm³/mol. The minimum absolute atomic E-state index is 0.203. The number of rotatable bonds is 4. The number of aryl methyl sites for hydroxylation is 4. The lowest BCUT2D eigenvalue weighted by molar-refractivity contribution is 0.408. The molecule has 0 saturated carbocycles. The molecule has 0 aliphatic rings. The van der Waals surface area contributed by atoms with Crippen LogP contribution in [-0.4, -0.2) is 14.2 Å². The minimum Gasteiger partial charge on any atom is -0.496 e. The number of ether oxygens (including phenoxy) is 1. The predicted octanol–water partition coefficient (Wildman–Crippen LogP) is 4.24. The maximum Gasteiger partial charge on any atom is 0.124 e. The van der Waals surface area contributed by atoms with Crippen molar-refractivity contribution >= 4 is 0 Å². The van der Waals surface area contributed by atoms with Crippen molar-refractivity contribution in [3.05, 3.63) is 63.7 Å². The second-order valence-electron chi connectivity index (χ2n) is 5.77. The number of nitrogens with one attached hydrogen (secondary N) is 1. The molecule has 112 valence electrons. The Morgan fingerprint density at radius 1 is 0.905 bits per heavy atom. The van der Waals surface area contributed by atoms with E-state index in [0.717, 1.165) is 5.75 Å². The topological polar surface area (TPSA) is 21.3 Å². The van der Waals surface area contributed by atoms with E-state index in [9.17, 15) is 0 Å². The molecule has 2 nitrogen and oxygen atoms in total. The first-order chi connectivity index (χ1) is 9.97. The van der Waals surface area contributed by atoms with Gasteiger partial charge in [0.15, 0.2) is 0 Å². The Labute approximate surface area is 128 Å². The Kier molecular flexibility index (Phi) is 4.69. The fraction of sp³-hybridized carbons (Fsp3) is 0.368. The lowest BCUT2D eigenvalue weighted by atomic mass is 9.92. The van der Waals surface area contributed by atoms with E-state index in [4.69, 9.17) is 4.74 Å². The summed E-state index contributed by atoms with van der Waals surface area (Å²) in [5, 5.41) is 3.45. The molecule has 2 aromatic carbocycles. The third-order valence-electron chi connectivity index (χ3n) is 4.05. The van der Waals surface area contributed by atoms with Crippen LogP contribution >= 0.6 is 0 Å². The summed E-state index contributed by atoms with van der Waals surface area (Å²) in [6, 6.07) is 11.3. The Hall–Kier alpha value is -1.80. The largest absolute Gasteiger partial charge is 0.496 e. The van der Waals surface area contributed by atoms with Gasteiger partial charge in [-0.2, -0.15) is 0 Å². The van der Waals surface area contributed by atoms with E-state index in [1.807, 2.05) is 7.05 Å². The van der Waals surface area contributed by atoms with Crippen LogP contribution in [0.2, 0.25) is 0 Å². The molecule has 2 heteroatoms. The van der Waals surface area contributed by atoms with Gasteiger partial charge in [-0.1, -0.05) is 35.9 Å². The summed E-state index contributed by atoms with van der Waals surface area (Å²) in [7, 11) is 3.74. The highest BCUT2D eigenvalue weighted by Crippen LogP contribution is 2.31. The van der Waals surface area contributed by atoms with Gasteiger partial charge < -0.3 is 10.1 Å². The number of hydrogen-bond donors (Lipinski definition) is 1. The average molecular weight is 283 g/mol. The number of benzene rings is 2. The van der Waals surface area contributed by atoms with Crippen LogP contribution in [-0.2, 0) is 0 Å². The van der Waals surface area contributed by atoms with E-state index in [0.29, 0.717) is 0 Å². The second-order valence-corrected chi connectivity index (χ2v) is 5.77. The maximum atomic E-state index is 5.47. The summed E-state index contributed by atoms with van der Waals surface area (Å²) in [6.45, 7) is 8.51. The van der Waals surface area contributed by atoms with E-state index >= 15 is 0 Å². The van der Waals surface area contributed by atoms with Crippen molar-refractivity contribution in [1.29, 1.82) is 0 Å². The van der Waals surface area contributed by atoms with Gasteiger partial charge in [-0.05, 0) is 62.6 Å². The molecule has 0 aliphatic heterocycles. The summed E-state index contributed by atoms with van der Waals surface area (Å²) >= 11 is 0. The van der Waals surface area contributed by atoms with Crippen LogP contribution in [0.15, 0.2) is 30.3 Å². The monoisotopic (exact) mass is 283 g/mol. The molecular weight excluding hydrogens is 258 g/mol.